The minimum atomic E-state index is -1.14. The maximum absolute atomic E-state index is 13.2. The summed E-state index contributed by atoms with van der Waals surface area (Å²) in [4.78, 5) is 49.3. The first kappa shape index (κ1) is 19.8. The largest absolute Gasteiger partial charge is 0.478 e. The number of carbonyl (C=O) groups excluding carboxylic acids is 3. The molecule has 0 bridgehead atoms. The molecule has 4 amide bonds. The van der Waals surface area contributed by atoms with Crippen molar-refractivity contribution < 1.29 is 33.1 Å². The molecule has 4 rings (SSSR count). The Morgan fingerprint density at radius 3 is 2.42 bits per heavy atom. The van der Waals surface area contributed by atoms with Gasteiger partial charge in [0.15, 0.2) is 0 Å². The van der Waals surface area contributed by atoms with E-state index in [1.165, 1.54) is 30.3 Å². The van der Waals surface area contributed by atoms with Crippen molar-refractivity contribution >= 4 is 35.6 Å². The molecule has 1 fully saturated rings. The van der Waals surface area contributed by atoms with E-state index >= 15 is 0 Å². The Bertz CT molecular complexity index is 1260. The summed E-state index contributed by atoms with van der Waals surface area (Å²) < 4.78 is 18.8. The van der Waals surface area contributed by atoms with E-state index in [1.807, 2.05) is 0 Å². The first-order valence-corrected chi connectivity index (χ1v) is 8.94. The molecule has 1 aromatic heterocycles. The molecule has 1 saturated heterocycles. The van der Waals surface area contributed by atoms with Gasteiger partial charge in [-0.1, -0.05) is 18.2 Å². The van der Waals surface area contributed by atoms with E-state index in [0.717, 1.165) is 18.2 Å². The van der Waals surface area contributed by atoms with Crippen LogP contribution in [0.15, 0.2) is 70.7 Å². The molecule has 0 saturated carbocycles. The molecule has 1 aliphatic heterocycles. The van der Waals surface area contributed by atoms with Gasteiger partial charge in [-0.25, -0.2) is 18.9 Å². The summed E-state index contributed by atoms with van der Waals surface area (Å²) in [7, 11) is 0. The molecule has 0 atom stereocenters. The van der Waals surface area contributed by atoms with Crippen LogP contribution in [0.25, 0.3) is 17.4 Å². The van der Waals surface area contributed by atoms with E-state index in [-0.39, 0.29) is 28.3 Å². The second kappa shape index (κ2) is 7.71. The Labute approximate surface area is 174 Å². The smallest absolute Gasteiger partial charge is 0.336 e. The number of aromatic carboxylic acids is 1. The van der Waals surface area contributed by atoms with Crippen LogP contribution < -0.4 is 10.2 Å². The highest BCUT2D eigenvalue weighted by molar-refractivity contribution is 6.39. The standard InChI is InChI=1S/C22H13FN2O6/c23-12-5-7-13(8-6-12)25-20(27)17(19(26)24-22(25)30)11-14-9-10-18(31-14)15-3-1-2-4-16(15)21(28)29/h1-11H,(H,28,29)(H,24,26,30). The summed E-state index contributed by atoms with van der Waals surface area (Å²) in [6.45, 7) is 0. The van der Waals surface area contributed by atoms with Gasteiger partial charge in [0.25, 0.3) is 11.8 Å². The number of rotatable bonds is 4. The molecular weight excluding hydrogens is 407 g/mol. The number of urea groups is 1. The zero-order chi connectivity index (χ0) is 22.1. The number of amides is 4. The molecule has 2 N–H and O–H groups in total. The number of furan rings is 1. The third-order valence-corrected chi connectivity index (χ3v) is 4.52. The van der Waals surface area contributed by atoms with Gasteiger partial charge in [-0.05, 0) is 48.5 Å². The lowest BCUT2D eigenvalue weighted by Gasteiger charge is -2.26. The maximum Gasteiger partial charge on any atom is 0.336 e. The van der Waals surface area contributed by atoms with E-state index in [4.69, 9.17) is 4.42 Å². The molecule has 154 valence electrons. The van der Waals surface area contributed by atoms with Crippen molar-refractivity contribution in [2.75, 3.05) is 4.90 Å². The number of benzene rings is 2. The van der Waals surface area contributed by atoms with Crippen molar-refractivity contribution in [2.24, 2.45) is 0 Å². The first-order chi connectivity index (χ1) is 14.8. The van der Waals surface area contributed by atoms with E-state index < -0.39 is 29.6 Å². The quantitative estimate of drug-likeness (QED) is 0.493. The molecule has 31 heavy (non-hydrogen) atoms. The number of carboxylic acids is 1. The molecule has 1 aliphatic rings. The van der Waals surface area contributed by atoms with Gasteiger partial charge in [-0.3, -0.25) is 14.9 Å². The fraction of sp³-hybridized carbons (Fsp3) is 0. The number of halogens is 1. The van der Waals surface area contributed by atoms with Crippen molar-refractivity contribution in [3.63, 3.8) is 0 Å². The van der Waals surface area contributed by atoms with Crippen LogP contribution in [0.4, 0.5) is 14.9 Å². The summed E-state index contributed by atoms with van der Waals surface area (Å²) in [6.07, 6.45) is 1.15. The third kappa shape index (κ3) is 3.71. The van der Waals surface area contributed by atoms with E-state index in [1.54, 1.807) is 18.2 Å². The highest BCUT2D eigenvalue weighted by atomic mass is 19.1. The number of nitrogens with one attached hydrogen (secondary N) is 1. The zero-order valence-electron chi connectivity index (χ0n) is 15.7. The van der Waals surface area contributed by atoms with Gasteiger partial charge in [-0.15, -0.1) is 0 Å². The molecule has 2 heterocycles. The highest BCUT2D eigenvalue weighted by Crippen LogP contribution is 2.28. The first-order valence-electron chi connectivity index (χ1n) is 8.94. The summed E-state index contributed by atoms with van der Waals surface area (Å²) in [5.41, 5.74) is 0.0481. The van der Waals surface area contributed by atoms with Gasteiger partial charge >= 0.3 is 12.0 Å². The monoisotopic (exact) mass is 420 g/mol. The van der Waals surface area contributed by atoms with Crippen molar-refractivity contribution in [2.45, 2.75) is 0 Å². The molecule has 0 radical (unpaired) electrons. The van der Waals surface area contributed by atoms with E-state index in [0.29, 0.717) is 10.5 Å². The molecule has 8 nitrogen and oxygen atoms in total. The molecule has 0 aliphatic carbocycles. The second-order valence-electron chi connectivity index (χ2n) is 6.49. The number of carbonyl (C=O) groups is 4. The predicted molar refractivity (Wildman–Crippen MR) is 107 cm³/mol. The van der Waals surface area contributed by atoms with E-state index in [9.17, 15) is 28.7 Å². The fourth-order valence-electron chi connectivity index (χ4n) is 3.08. The van der Waals surface area contributed by atoms with Crippen LogP contribution >= 0.6 is 0 Å². The second-order valence-corrected chi connectivity index (χ2v) is 6.49. The van der Waals surface area contributed by atoms with Crippen molar-refractivity contribution in [3.05, 3.63) is 83.4 Å². The lowest BCUT2D eigenvalue weighted by Crippen LogP contribution is -2.54. The Kier molecular flexibility index (Phi) is 4.92. The lowest BCUT2D eigenvalue weighted by molar-refractivity contribution is -0.122. The SMILES string of the molecule is O=C1NC(=O)N(c2ccc(F)cc2)C(=O)C1=Cc1ccc(-c2ccccc2C(=O)O)o1. The van der Waals surface area contributed by atoms with Crippen LogP contribution in [0.2, 0.25) is 0 Å². The topological polar surface area (TPSA) is 117 Å². The van der Waals surface area contributed by atoms with Crippen molar-refractivity contribution in [3.8, 4) is 11.3 Å². The average Bonchev–Trinajstić information content (AvgIpc) is 3.21. The Morgan fingerprint density at radius 1 is 1.00 bits per heavy atom. The van der Waals surface area contributed by atoms with Gasteiger partial charge in [0.05, 0.1) is 11.3 Å². The Balaban J connectivity index is 1.69. The molecular formula is C22H13FN2O6. The van der Waals surface area contributed by atoms with Crippen LogP contribution in [0.3, 0.4) is 0 Å². The predicted octanol–water partition coefficient (Wildman–Crippen LogP) is 3.45. The van der Waals surface area contributed by atoms with Gasteiger partial charge in [0.1, 0.15) is 22.9 Å². The number of nitrogens with zero attached hydrogens (tertiary/aromatic N) is 1. The van der Waals surface area contributed by atoms with Crippen LogP contribution in [0, 0.1) is 5.82 Å². The van der Waals surface area contributed by atoms with Gasteiger partial charge in [0.2, 0.25) is 0 Å². The molecule has 0 spiro atoms. The number of anilines is 1. The average molecular weight is 420 g/mol. The minimum absolute atomic E-state index is 0.0237. The van der Waals surface area contributed by atoms with Crippen molar-refractivity contribution in [1.82, 2.24) is 5.32 Å². The fourth-order valence-corrected chi connectivity index (χ4v) is 3.08. The minimum Gasteiger partial charge on any atom is -0.478 e. The van der Waals surface area contributed by atoms with Crippen LogP contribution in [0.1, 0.15) is 16.1 Å². The highest BCUT2D eigenvalue weighted by Gasteiger charge is 2.37. The number of carboxylic acid groups (broad SMARTS) is 1. The molecule has 2 aromatic carbocycles. The number of imide groups is 2. The number of hydrogen-bond acceptors (Lipinski definition) is 5. The van der Waals surface area contributed by atoms with Gasteiger partial charge in [0, 0.05) is 5.56 Å². The Morgan fingerprint density at radius 2 is 1.71 bits per heavy atom. The van der Waals surface area contributed by atoms with Crippen LogP contribution in [0.5, 0.6) is 0 Å². The third-order valence-electron chi connectivity index (χ3n) is 4.52. The molecule has 0 unspecified atom stereocenters. The van der Waals surface area contributed by atoms with E-state index in [2.05, 4.69) is 5.32 Å². The zero-order valence-corrected chi connectivity index (χ0v) is 15.7. The van der Waals surface area contributed by atoms with Gasteiger partial charge in [-0.2, -0.15) is 0 Å². The molecule has 9 heteroatoms. The summed E-state index contributed by atoms with van der Waals surface area (Å²) in [5.74, 6) is -3.20. The molecule has 3 aromatic rings. The maximum atomic E-state index is 13.2. The van der Waals surface area contributed by atoms with Gasteiger partial charge < -0.3 is 9.52 Å². The normalized spacial score (nSPS) is 15.3. The lowest BCUT2D eigenvalue weighted by atomic mass is 10.1. The van der Waals surface area contributed by atoms with Crippen molar-refractivity contribution in [1.29, 1.82) is 0 Å². The number of barbiturate groups is 1. The van der Waals surface area contributed by atoms with Crippen LogP contribution in [-0.4, -0.2) is 28.9 Å². The van der Waals surface area contributed by atoms with Crippen LogP contribution in [-0.2, 0) is 9.59 Å². The summed E-state index contributed by atoms with van der Waals surface area (Å²) >= 11 is 0. The Hall–Kier alpha value is -4.53. The number of hydrogen-bond donors (Lipinski definition) is 2. The summed E-state index contributed by atoms with van der Waals surface area (Å²) in [6, 6.07) is 12.8. The summed E-state index contributed by atoms with van der Waals surface area (Å²) in [5, 5.41) is 11.4.